The summed E-state index contributed by atoms with van der Waals surface area (Å²) in [6, 6.07) is 0. The lowest BCUT2D eigenvalue weighted by Crippen LogP contribution is -2.75. The van der Waals surface area contributed by atoms with E-state index in [1.807, 2.05) is 0 Å². The van der Waals surface area contributed by atoms with E-state index in [1.54, 1.807) is 0 Å². The molecule has 0 amide bonds. The molecule has 3 heteroatoms. The zero-order valence-corrected chi connectivity index (χ0v) is 8.84. The van der Waals surface area contributed by atoms with Crippen molar-refractivity contribution in [2.75, 3.05) is 58.9 Å². The van der Waals surface area contributed by atoms with Crippen LogP contribution in [0.25, 0.3) is 0 Å². The van der Waals surface area contributed by atoms with Gasteiger partial charge < -0.3 is 14.7 Å². The van der Waals surface area contributed by atoms with Crippen LogP contribution in [0.4, 0.5) is 0 Å². The van der Waals surface area contributed by atoms with Gasteiger partial charge in [0.1, 0.15) is 39.3 Å². The van der Waals surface area contributed by atoms with Crippen LogP contribution in [0.5, 0.6) is 0 Å². The predicted octanol–water partition coefficient (Wildman–Crippen LogP) is -0.374. The topological polar surface area (TPSA) is 26.0 Å². The Labute approximate surface area is 81.3 Å². The molecule has 0 aliphatic carbocycles. The normalized spacial score (nSPS) is 43.8. The van der Waals surface area contributed by atoms with E-state index in [0.29, 0.717) is 0 Å². The first-order valence-corrected chi connectivity index (χ1v) is 5.65. The third-order valence-electron chi connectivity index (χ3n) is 4.42. The molecule has 3 aliphatic rings. The highest BCUT2D eigenvalue weighted by Crippen LogP contribution is 2.25. The number of quaternary nitrogens is 2. The number of likely N-dealkylation sites (N-methyl/N-ethyl adjacent to an activating group) is 1. The second kappa shape index (κ2) is 3.23. The summed E-state index contributed by atoms with van der Waals surface area (Å²) in [7, 11) is 0. The molecule has 2 bridgehead atoms. The maximum absolute atomic E-state index is 5.68. The average molecular weight is 185 g/mol. The molecule has 3 fully saturated rings. The quantitative estimate of drug-likeness (QED) is 0.596. The van der Waals surface area contributed by atoms with Crippen molar-refractivity contribution in [3.8, 4) is 0 Å². The number of rotatable bonds is 3. The van der Waals surface area contributed by atoms with E-state index in [0.717, 1.165) is 6.54 Å². The summed E-state index contributed by atoms with van der Waals surface area (Å²) in [5.41, 5.74) is 5.68. The van der Waals surface area contributed by atoms with Crippen molar-refractivity contribution in [3.05, 3.63) is 0 Å². The molecule has 3 nitrogen and oxygen atoms in total. The van der Waals surface area contributed by atoms with Gasteiger partial charge in [-0.05, 0) is 6.92 Å². The first-order valence-electron chi connectivity index (χ1n) is 5.65. The Bertz CT molecular complexity index is 166. The standard InChI is InChI=1S/C10H23N3/c1-2-12-5-8-13(4-3-11,9-6-12)10-7-12/h2-11H2,1H3/q+2. The first kappa shape index (κ1) is 9.44. The van der Waals surface area contributed by atoms with Crippen molar-refractivity contribution >= 4 is 0 Å². The fourth-order valence-corrected chi connectivity index (χ4v) is 3.03. The van der Waals surface area contributed by atoms with Gasteiger partial charge in [0.25, 0.3) is 0 Å². The summed E-state index contributed by atoms with van der Waals surface area (Å²) in [5.74, 6) is 0. The minimum atomic E-state index is 0.867. The van der Waals surface area contributed by atoms with Gasteiger partial charge in [0.15, 0.2) is 0 Å². The first-order chi connectivity index (χ1) is 6.24. The van der Waals surface area contributed by atoms with Crippen molar-refractivity contribution < 1.29 is 8.97 Å². The molecule has 2 N–H and O–H groups in total. The van der Waals surface area contributed by atoms with E-state index in [-0.39, 0.29) is 0 Å². The molecule has 0 aromatic carbocycles. The van der Waals surface area contributed by atoms with Crippen LogP contribution in [-0.4, -0.2) is 67.9 Å². The zero-order valence-electron chi connectivity index (χ0n) is 8.84. The van der Waals surface area contributed by atoms with Crippen molar-refractivity contribution in [2.24, 2.45) is 5.73 Å². The second-order valence-corrected chi connectivity index (χ2v) is 4.85. The van der Waals surface area contributed by atoms with Crippen molar-refractivity contribution in [1.29, 1.82) is 0 Å². The Morgan fingerprint density at radius 3 is 1.77 bits per heavy atom. The van der Waals surface area contributed by atoms with Crippen LogP contribution in [0, 0.1) is 0 Å². The van der Waals surface area contributed by atoms with Crippen molar-refractivity contribution in [1.82, 2.24) is 0 Å². The minimum absolute atomic E-state index is 0.867. The van der Waals surface area contributed by atoms with Gasteiger partial charge in [-0.25, -0.2) is 0 Å². The summed E-state index contributed by atoms with van der Waals surface area (Å²) in [5, 5.41) is 0. The molecule has 0 atom stereocenters. The number of nitrogens with zero attached hydrogens (tertiary/aromatic N) is 2. The Hall–Kier alpha value is -0.120. The molecule has 0 saturated carbocycles. The highest BCUT2D eigenvalue weighted by molar-refractivity contribution is 4.61. The van der Waals surface area contributed by atoms with E-state index < -0.39 is 0 Å². The maximum atomic E-state index is 5.68. The smallest absolute Gasteiger partial charge is 0.129 e. The molecule has 3 saturated heterocycles. The number of hydrogen-bond donors (Lipinski definition) is 1. The molecule has 0 radical (unpaired) electrons. The molecule has 0 aromatic heterocycles. The fourth-order valence-electron chi connectivity index (χ4n) is 3.03. The summed E-state index contributed by atoms with van der Waals surface area (Å²) < 4.78 is 2.72. The fraction of sp³-hybridized carbons (Fsp3) is 1.00. The molecule has 76 valence electrons. The van der Waals surface area contributed by atoms with Crippen LogP contribution in [0.2, 0.25) is 0 Å². The highest BCUT2D eigenvalue weighted by atomic mass is 15.5. The summed E-state index contributed by atoms with van der Waals surface area (Å²) in [6.07, 6.45) is 0. The molecule has 0 aromatic rings. The SMILES string of the molecule is CC[N+]12CC[N+](CCN)(CC1)CC2. The van der Waals surface area contributed by atoms with E-state index in [4.69, 9.17) is 5.73 Å². The highest BCUT2D eigenvalue weighted by Gasteiger charge is 2.47. The van der Waals surface area contributed by atoms with E-state index >= 15 is 0 Å². The number of hydrogen-bond acceptors (Lipinski definition) is 1. The molecule has 3 aliphatic heterocycles. The van der Waals surface area contributed by atoms with Gasteiger partial charge in [-0.1, -0.05) is 0 Å². The molecular formula is C10H23N3+2. The average Bonchev–Trinajstić information content (AvgIpc) is 2.21. The Balaban J connectivity index is 2.03. The molecule has 3 rings (SSSR count). The number of nitrogens with two attached hydrogens (primary N) is 1. The molecule has 3 heterocycles. The van der Waals surface area contributed by atoms with E-state index in [9.17, 15) is 0 Å². The van der Waals surface area contributed by atoms with Crippen LogP contribution in [0.3, 0.4) is 0 Å². The van der Waals surface area contributed by atoms with Gasteiger partial charge in [-0.2, -0.15) is 0 Å². The third kappa shape index (κ3) is 1.49. The molecule has 0 spiro atoms. The van der Waals surface area contributed by atoms with Gasteiger partial charge in [-0.15, -0.1) is 0 Å². The largest absolute Gasteiger partial charge is 0.326 e. The summed E-state index contributed by atoms with van der Waals surface area (Å²) in [4.78, 5) is 0. The zero-order chi connectivity index (χ0) is 9.36. The minimum Gasteiger partial charge on any atom is -0.326 e. The second-order valence-electron chi connectivity index (χ2n) is 4.85. The van der Waals surface area contributed by atoms with E-state index in [1.165, 1.54) is 61.3 Å². The molecule has 0 unspecified atom stereocenters. The Morgan fingerprint density at radius 1 is 0.923 bits per heavy atom. The van der Waals surface area contributed by atoms with Gasteiger partial charge in [0.2, 0.25) is 0 Å². The Kier molecular flexibility index (Phi) is 2.34. The molecular weight excluding hydrogens is 162 g/mol. The van der Waals surface area contributed by atoms with Crippen LogP contribution in [0.1, 0.15) is 6.92 Å². The van der Waals surface area contributed by atoms with Gasteiger partial charge in [0, 0.05) is 6.54 Å². The molecule has 13 heavy (non-hydrogen) atoms. The van der Waals surface area contributed by atoms with Crippen LogP contribution in [-0.2, 0) is 0 Å². The lowest BCUT2D eigenvalue weighted by molar-refractivity contribution is -1.08. The van der Waals surface area contributed by atoms with Gasteiger partial charge >= 0.3 is 0 Å². The van der Waals surface area contributed by atoms with Crippen LogP contribution >= 0.6 is 0 Å². The monoisotopic (exact) mass is 185 g/mol. The van der Waals surface area contributed by atoms with Gasteiger partial charge in [-0.3, -0.25) is 0 Å². The van der Waals surface area contributed by atoms with E-state index in [2.05, 4.69) is 6.92 Å². The summed E-state index contributed by atoms with van der Waals surface area (Å²) >= 11 is 0. The van der Waals surface area contributed by atoms with Crippen molar-refractivity contribution in [2.45, 2.75) is 6.92 Å². The van der Waals surface area contributed by atoms with Crippen molar-refractivity contribution in [3.63, 3.8) is 0 Å². The number of piperazine rings is 3. The third-order valence-corrected chi connectivity index (χ3v) is 4.42. The maximum Gasteiger partial charge on any atom is 0.129 e. The van der Waals surface area contributed by atoms with Crippen LogP contribution in [0.15, 0.2) is 0 Å². The van der Waals surface area contributed by atoms with Gasteiger partial charge in [0.05, 0.1) is 13.1 Å². The lowest BCUT2D eigenvalue weighted by Gasteiger charge is -2.55. The van der Waals surface area contributed by atoms with Crippen LogP contribution < -0.4 is 5.73 Å². The summed E-state index contributed by atoms with van der Waals surface area (Å²) in [6.45, 7) is 14.1. The predicted molar refractivity (Wildman–Crippen MR) is 54.2 cm³/mol. The Morgan fingerprint density at radius 2 is 1.38 bits per heavy atom. The number of fused-ring (bicyclic) bond motifs is 3. The lowest BCUT2D eigenvalue weighted by atomic mass is 10.1.